The lowest BCUT2D eigenvalue weighted by Crippen LogP contribution is -2.52. The van der Waals surface area contributed by atoms with Gasteiger partial charge < -0.3 is 20.1 Å². The van der Waals surface area contributed by atoms with Crippen molar-refractivity contribution in [1.29, 1.82) is 0 Å². The zero-order valence-electron chi connectivity index (χ0n) is 8.68. The van der Waals surface area contributed by atoms with Crippen LogP contribution < -0.4 is 11.2 Å². The van der Waals surface area contributed by atoms with Crippen LogP contribution in [0.3, 0.4) is 0 Å². The van der Waals surface area contributed by atoms with Gasteiger partial charge in [-0.3, -0.25) is 14.3 Å². The van der Waals surface area contributed by atoms with E-state index in [-0.39, 0.29) is 6.61 Å². The predicted octanol–water partition coefficient (Wildman–Crippen LogP) is -2.85. The van der Waals surface area contributed by atoms with Crippen LogP contribution in [0.5, 0.6) is 0 Å². The molecule has 2 heterocycles. The van der Waals surface area contributed by atoms with E-state index in [1.54, 1.807) is 0 Å². The molecule has 2 rings (SSSR count). The monoisotopic (exact) mass is 244 g/mol. The number of hydrogen-bond donors (Lipinski definition) is 4. The molecule has 8 heteroatoms. The third kappa shape index (κ3) is 2.15. The Bertz CT molecular complexity index is 509. The van der Waals surface area contributed by atoms with Gasteiger partial charge in [0.05, 0.1) is 6.61 Å². The lowest BCUT2D eigenvalue weighted by atomic mass is 10.0. The fourth-order valence-corrected chi connectivity index (χ4v) is 1.66. The molecule has 1 aromatic rings. The molecule has 1 fully saturated rings. The quantitative estimate of drug-likeness (QED) is 0.421. The molecule has 1 aliphatic rings. The molecule has 0 unspecified atom stereocenters. The highest BCUT2D eigenvalue weighted by Gasteiger charge is 2.38. The van der Waals surface area contributed by atoms with Crippen LogP contribution in [0.4, 0.5) is 0 Å². The van der Waals surface area contributed by atoms with Crippen molar-refractivity contribution in [2.45, 2.75) is 24.5 Å². The van der Waals surface area contributed by atoms with Crippen LogP contribution in [-0.2, 0) is 4.74 Å². The summed E-state index contributed by atoms with van der Waals surface area (Å²) >= 11 is 0. The van der Waals surface area contributed by atoms with Gasteiger partial charge in [-0.05, 0) is 0 Å². The van der Waals surface area contributed by atoms with Crippen molar-refractivity contribution in [2.75, 3.05) is 6.61 Å². The molecule has 0 aromatic carbocycles. The maximum atomic E-state index is 11.4. The maximum Gasteiger partial charge on any atom is 0.330 e. The highest BCUT2D eigenvalue weighted by molar-refractivity contribution is 4.90. The van der Waals surface area contributed by atoms with Gasteiger partial charge in [-0.15, -0.1) is 0 Å². The Labute approximate surface area is 94.7 Å². The molecule has 0 radical (unpaired) electrons. The van der Waals surface area contributed by atoms with E-state index in [1.165, 1.54) is 0 Å². The summed E-state index contributed by atoms with van der Waals surface area (Å²) in [5.74, 6) is 0. The van der Waals surface area contributed by atoms with E-state index in [0.29, 0.717) is 0 Å². The second-order valence-corrected chi connectivity index (χ2v) is 3.79. The highest BCUT2D eigenvalue weighted by Crippen LogP contribution is 2.22. The lowest BCUT2D eigenvalue weighted by Gasteiger charge is -2.35. The summed E-state index contributed by atoms with van der Waals surface area (Å²) < 4.78 is 6.01. The minimum absolute atomic E-state index is 0.214. The fraction of sp³-hybridized carbons (Fsp3) is 0.556. The Balaban J connectivity index is 2.34. The van der Waals surface area contributed by atoms with Crippen LogP contribution >= 0.6 is 0 Å². The normalized spacial score (nSPS) is 33.6. The van der Waals surface area contributed by atoms with Crippen molar-refractivity contribution in [3.63, 3.8) is 0 Å². The van der Waals surface area contributed by atoms with E-state index in [4.69, 9.17) is 4.74 Å². The number of ether oxygens (including phenoxy) is 1. The molecule has 1 aliphatic heterocycles. The minimum atomic E-state index is -1.46. The third-order valence-corrected chi connectivity index (χ3v) is 2.60. The molecule has 17 heavy (non-hydrogen) atoms. The van der Waals surface area contributed by atoms with Crippen LogP contribution in [0, 0.1) is 0 Å². The number of hydrogen-bond acceptors (Lipinski definition) is 6. The molecule has 94 valence electrons. The van der Waals surface area contributed by atoms with Crippen molar-refractivity contribution in [2.24, 2.45) is 0 Å². The molecule has 4 N–H and O–H groups in total. The lowest BCUT2D eigenvalue weighted by molar-refractivity contribution is -0.212. The zero-order chi connectivity index (χ0) is 12.6. The van der Waals surface area contributed by atoms with Crippen molar-refractivity contribution in [1.82, 2.24) is 9.55 Å². The number of aliphatic hydroxyl groups is 3. The second kappa shape index (κ2) is 4.41. The van der Waals surface area contributed by atoms with E-state index < -0.39 is 35.8 Å². The molecule has 0 bridgehead atoms. The van der Waals surface area contributed by atoms with Gasteiger partial charge in [0, 0.05) is 12.3 Å². The van der Waals surface area contributed by atoms with Gasteiger partial charge >= 0.3 is 5.69 Å². The van der Waals surface area contributed by atoms with Crippen LogP contribution in [-0.4, -0.2) is 49.8 Å². The molecule has 0 aliphatic carbocycles. The van der Waals surface area contributed by atoms with Gasteiger partial charge in [-0.1, -0.05) is 0 Å². The molecular formula is C9H12N2O6. The first-order valence-electron chi connectivity index (χ1n) is 4.98. The SMILES string of the molecule is O=c1ccn([C@@H]2OC[C@@H](O)[C@@H](O)[C@H]2O)c(=O)[nH]1. The van der Waals surface area contributed by atoms with Crippen molar-refractivity contribution in [3.05, 3.63) is 33.1 Å². The summed E-state index contributed by atoms with van der Waals surface area (Å²) in [5.41, 5.74) is -1.33. The molecule has 4 atom stereocenters. The molecule has 0 saturated carbocycles. The largest absolute Gasteiger partial charge is 0.388 e. The van der Waals surface area contributed by atoms with Crippen LogP contribution in [0.1, 0.15) is 6.23 Å². The summed E-state index contributed by atoms with van der Waals surface area (Å²) in [7, 11) is 0. The number of rotatable bonds is 1. The summed E-state index contributed by atoms with van der Waals surface area (Å²) in [6.45, 7) is -0.214. The summed E-state index contributed by atoms with van der Waals surface area (Å²) in [4.78, 5) is 24.3. The van der Waals surface area contributed by atoms with Gasteiger partial charge in [-0.25, -0.2) is 4.79 Å². The molecule has 1 aromatic heterocycles. The number of aromatic amines is 1. The Morgan fingerprint density at radius 2 is 2.00 bits per heavy atom. The van der Waals surface area contributed by atoms with Crippen LogP contribution in [0.2, 0.25) is 0 Å². The number of nitrogens with zero attached hydrogens (tertiary/aromatic N) is 1. The second-order valence-electron chi connectivity index (χ2n) is 3.79. The first-order valence-corrected chi connectivity index (χ1v) is 4.98. The highest BCUT2D eigenvalue weighted by atomic mass is 16.5. The van der Waals surface area contributed by atoms with E-state index in [0.717, 1.165) is 16.8 Å². The average molecular weight is 244 g/mol. The van der Waals surface area contributed by atoms with Gasteiger partial charge in [-0.2, -0.15) is 0 Å². The zero-order valence-corrected chi connectivity index (χ0v) is 8.68. The van der Waals surface area contributed by atoms with Gasteiger partial charge in [0.15, 0.2) is 6.23 Å². The summed E-state index contributed by atoms with van der Waals surface area (Å²) in [6.07, 6.45) is -4.06. The number of H-pyrrole nitrogens is 1. The van der Waals surface area contributed by atoms with E-state index in [9.17, 15) is 24.9 Å². The number of aliphatic hydroxyl groups excluding tert-OH is 3. The van der Waals surface area contributed by atoms with Crippen molar-refractivity contribution in [3.8, 4) is 0 Å². The Hall–Kier alpha value is -1.48. The average Bonchev–Trinajstić information content (AvgIpc) is 2.28. The first kappa shape index (κ1) is 12.0. The first-order chi connectivity index (χ1) is 8.00. The number of nitrogens with one attached hydrogen (secondary N) is 1. The Kier molecular flexibility index (Phi) is 3.11. The minimum Gasteiger partial charge on any atom is -0.388 e. The molecule has 1 saturated heterocycles. The summed E-state index contributed by atoms with van der Waals surface area (Å²) in [5, 5.41) is 28.4. The van der Waals surface area contributed by atoms with Gasteiger partial charge in [0.25, 0.3) is 5.56 Å². The molecule has 0 spiro atoms. The molecular weight excluding hydrogens is 232 g/mol. The van der Waals surface area contributed by atoms with E-state index in [1.807, 2.05) is 4.98 Å². The maximum absolute atomic E-state index is 11.4. The smallest absolute Gasteiger partial charge is 0.330 e. The van der Waals surface area contributed by atoms with Crippen molar-refractivity contribution < 1.29 is 20.1 Å². The fourth-order valence-electron chi connectivity index (χ4n) is 1.66. The van der Waals surface area contributed by atoms with E-state index >= 15 is 0 Å². The molecule has 0 amide bonds. The molecule has 8 nitrogen and oxygen atoms in total. The Morgan fingerprint density at radius 1 is 1.29 bits per heavy atom. The topological polar surface area (TPSA) is 125 Å². The van der Waals surface area contributed by atoms with Gasteiger partial charge in [0.2, 0.25) is 0 Å². The van der Waals surface area contributed by atoms with Crippen LogP contribution in [0.15, 0.2) is 21.9 Å². The Morgan fingerprint density at radius 3 is 2.65 bits per heavy atom. The van der Waals surface area contributed by atoms with Crippen molar-refractivity contribution >= 4 is 0 Å². The summed E-state index contributed by atoms with van der Waals surface area (Å²) in [6, 6.07) is 1.09. The standard InChI is InChI=1S/C9H12N2O6/c12-4-3-17-8(7(15)6(4)14)11-2-1-5(13)10-9(11)16/h1-2,4,6-8,12,14-15H,3H2,(H,10,13,16)/t4-,6-,7-,8-/m1/s1. The number of aromatic nitrogens is 2. The predicted molar refractivity (Wildman–Crippen MR) is 54.3 cm³/mol. The third-order valence-electron chi connectivity index (χ3n) is 2.60. The van der Waals surface area contributed by atoms with Gasteiger partial charge in [0.1, 0.15) is 18.3 Å². The van der Waals surface area contributed by atoms with E-state index in [2.05, 4.69) is 0 Å². The van der Waals surface area contributed by atoms with Crippen LogP contribution in [0.25, 0.3) is 0 Å².